The third kappa shape index (κ3) is 2.16. The van der Waals surface area contributed by atoms with Crippen LogP contribution in [0.1, 0.15) is 24.3 Å². The molecular weight excluding hydrogens is 174 g/mol. The second kappa shape index (κ2) is 5.12. The van der Waals surface area contributed by atoms with E-state index in [9.17, 15) is 4.79 Å². The zero-order chi connectivity index (χ0) is 10.4. The van der Waals surface area contributed by atoms with Crippen molar-refractivity contribution in [2.45, 2.75) is 13.8 Å². The van der Waals surface area contributed by atoms with Gasteiger partial charge in [-0.25, -0.2) is 0 Å². The van der Waals surface area contributed by atoms with Gasteiger partial charge in [0.15, 0.2) is 6.29 Å². The number of fused-ring (bicyclic) bond motifs is 1. The van der Waals surface area contributed by atoms with Crippen LogP contribution in [0, 0.1) is 0 Å². The predicted octanol–water partition coefficient (Wildman–Crippen LogP) is 3.07. The van der Waals surface area contributed by atoms with E-state index in [-0.39, 0.29) is 0 Å². The van der Waals surface area contributed by atoms with Crippen LogP contribution in [0.4, 0.5) is 0 Å². The summed E-state index contributed by atoms with van der Waals surface area (Å²) >= 11 is 0. The molecule has 0 aliphatic heterocycles. The molecule has 0 aliphatic rings. The summed E-state index contributed by atoms with van der Waals surface area (Å²) in [5.41, 5.74) is 0.480. The van der Waals surface area contributed by atoms with Crippen molar-refractivity contribution in [1.82, 2.24) is 4.98 Å². The van der Waals surface area contributed by atoms with Crippen LogP contribution in [0.2, 0.25) is 0 Å². The van der Waals surface area contributed by atoms with Crippen molar-refractivity contribution in [3.8, 4) is 0 Å². The van der Waals surface area contributed by atoms with E-state index in [2.05, 4.69) is 4.98 Å². The van der Waals surface area contributed by atoms with Crippen molar-refractivity contribution >= 4 is 17.1 Å². The number of aromatic nitrogens is 1. The maximum absolute atomic E-state index is 10.4. The van der Waals surface area contributed by atoms with Gasteiger partial charge < -0.3 is 0 Å². The van der Waals surface area contributed by atoms with Crippen molar-refractivity contribution < 1.29 is 4.79 Å². The second-order valence-corrected chi connectivity index (χ2v) is 2.57. The van der Waals surface area contributed by atoms with Crippen molar-refractivity contribution in [2.24, 2.45) is 0 Å². The number of hydrogen-bond acceptors (Lipinski definition) is 2. The van der Waals surface area contributed by atoms with Crippen LogP contribution in [0.5, 0.6) is 0 Å². The molecule has 2 rings (SSSR count). The number of aldehydes is 1. The molecule has 0 aliphatic carbocycles. The quantitative estimate of drug-likeness (QED) is 0.642. The molecule has 0 N–H and O–H groups in total. The molecule has 2 aromatic rings. The first kappa shape index (κ1) is 10.4. The number of carbonyl (C=O) groups excluding carboxylic acids is 1. The van der Waals surface area contributed by atoms with Gasteiger partial charge in [0.1, 0.15) is 5.69 Å². The Labute approximate surface area is 83.6 Å². The van der Waals surface area contributed by atoms with E-state index in [0.717, 1.165) is 17.1 Å². The van der Waals surface area contributed by atoms with E-state index in [1.165, 1.54) is 0 Å². The molecule has 0 atom stereocenters. The maximum atomic E-state index is 10.4. The van der Waals surface area contributed by atoms with Gasteiger partial charge in [0.25, 0.3) is 0 Å². The Hall–Kier alpha value is -1.70. The smallest absolute Gasteiger partial charge is 0.168 e. The molecule has 0 saturated heterocycles. The molecule has 1 aromatic carbocycles. The van der Waals surface area contributed by atoms with Gasteiger partial charge in [0.05, 0.1) is 0 Å². The minimum absolute atomic E-state index is 0.480. The molecule has 0 spiro atoms. The fraction of sp³-hybridized carbons (Fsp3) is 0.167. The first-order valence-corrected chi connectivity index (χ1v) is 4.70. The monoisotopic (exact) mass is 187 g/mol. The number of nitrogens with zero attached hydrogens (tertiary/aromatic N) is 1. The van der Waals surface area contributed by atoms with E-state index in [0.29, 0.717) is 5.69 Å². The first-order chi connectivity index (χ1) is 6.90. The molecule has 0 fully saturated rings. The lowest BCUT2D eigenvalue weighted by Crippen LogP contribution is -1.84. The molecule has 14 heavy (non-hydrogen) atoms. The van der Waals surface area contributed by atoms with Gasteiger partial charge in [0.2, 0.25) is 0 Å². The highest BCUT2D eigenvalue weighted by atomic mass is 16.1. The number of pyridine rings is 1. The van der Waals surface area contributed by atoms with Crippen LogP contribution in [-0.2, 0) is 0 Å². The molecule has 72 valence electrons. The number of benzene rings is 1. The van der Waals surface area contributed by atoms with Crippen molar-refractivity contribution in [1.29, 1.82) is 0 Å². The normalized spacial score (nSPS) is 9.00. The van der Waals surface area contributed by atoms with Crippen LogP contribution < -0.4 is 0 Å². The minimum Gasteiger partial charge on any atom is -0.296 e. The van der Waals surface area contributed by atoms with Crippen molar-refractivity contribution in [2.75, 3.05) is 0 Å². The zero-order valence-electron chi connectivity index (χ0n) is 8.40. The highest BCUT2D eigenvalue weighted by Crippen LogP contribution is 2.11. The Bertz CT molecular complexity index is 423. The standard InChI is InChI=1S/C10H7NO.C2H6/c12-7-10-5-8-3-1-2-4-9(8)6-11-10;1-2/h1-7H;1-2H3. The average Bonchev–Trinajstić information content (AvgIpc) is 2.31. The third-order valence-corrected chi connectivity index (χ3v) is 1.77. The maximum Gasteiger partial charge on any atom is 0.168 e. The van der Waals surface area contributed by atoms with Gasteiger partial charge in [0, 0.05) is 11.6 Å². The third-order valence-electron chi connectivity index (χ3n) is 1.77. The topological polar surface area (TPSA) is 30.0 Å². The molecule has 1 heterocycles. The van der Waals surface area contributed by atoms with E-state index >= 15 is 0 Å². The Morgan fingerprint density at radius 2 is 1.79 bits per heavy atom. The lowest BCUT2D eigenvalue weighted by atomic mass is 10.1. The minimum atomic E-state index is 0.480. The summed E-state index contributed by atoms with van der Waals surface area (Å²) in [7, 11) is 0. The fourth-order valence-corrected chi connectivity index (χ4v) is 1.17. The molecule has 0 saturated carbocycles. The molecular formula is C12H13NO. The average molecular weight is 187 g/mol. The van der Waals surface area contributed by atoms with Crippen LogP contribution in [0.25, 0.3) is 10.8 Å². The summed E-state index contributed by atoms with van der Waals surface area (Å²) in [6, 6.07) is 9.60. The summed E-state index contributed by atoms with van der Waals surface area (Å²) in [5, 5.41) is 2.11. The first-order valence-electron chi connectivity index (χ1n) is 4.70. The molecule has 0 radical (unpaired) electrons. The highest BCUT2D eigenvalue weighted by molar-refractivity contribution is 5.86. The molecule has 2 nitrogen and oxygen atoms in total. The van der Waals surface area contributed by atoms with Crippen LogP contribution in [0.15, 0.2) is 36.5 Å². The van der Waals surface area contributed by atoms with E-state index in [4.69, 9.17) is 0 Å². The highest BCUT2D eigenvalue weighted by Gasteiger charge is 1.94. The van der Waals surface area contributed by atoms with Crippen LogP contribution in [-0.4, -0.2) is 11.3 Å². The Morgan fingerprint density at radius 3 is 2.43 bits per heavy atom. The van der Waals surface area contributed by atoms with Crippen LogP contribution in [0.3, 0.4) is 0 Å². The van der Waals surface area contributed by atoms with Gasteiger partial charge in [-0.05, 0) is 11.5 Å². The van der Waals surface area contributed by atoms with Crippen LogP contribution >= 0.6 is 0 Å². The summed E-state index contributed by atoms with van der Waals surface area (Å²) in [4.78, 5) is 14.3. The lowest BCUT2D eigenvalue weighted by Gasteiger charge is -1.95. The summed E-state index contributed by atoms with van der Waals surface area (Å²) < 4.78 is 0. The molecule has 0 unspecified atom stereocenters. The Balaban J connectivity index is 0.000000461. The van der Waals surface area contributed by atoms with Gasteiger partial charge >= 0.3 is 0 Å². The lowest BCUT2D eigenvalue weighted by molar-refractivity contribution is 0.111. The predicted molar refractivity (Wildman–Crippen MR) is 58.5 cm³/mol. The van der Waals surface area contributed by atoms with E-state index in [1.807, 2.05) is 38.1 Å². The summed E-state index contributed by atoms with van der Waals surface area (Å²) in [6.07, 6.45) is 2.46. The van der Waals surface area contributed by atoms with Crippen molar-refractivity contribution in [3.05, 3.63) is 42.2 Å². The van der Waals surface area contributed by atoms with E-state index in [1.54, 1.807) is 12.3 Å². The van der Waals surface area contributed by atoms with Gasteiger partial charge in [-0.3, -0.25) is 9.78 Å². The number of carbonyl (C=O) groups is 1. The van der Waals surface area contributed by atoms with Crippen molar-refractivity contribution in [3.63, 3.8) is 0 Å². The Morgan fingerprint density at radius 1 is 1.14 bits per heavy atom. The van der Waals surface area contributed by atoms with Gasteiger partial charge in [-0.1, -0.05) is 38.1 Å². The summed E-state index contributed by atoms with van der Waals surface area (Å²) in [6.45, 7) is 4.00. The largest absolute Gasteiger partial charge is 0.296 e. The molecule has 2 heteroatoms. The fourth-order valence-electron chi connectivity index (χ4n) is 1.17. The SMILES string of the molecule is CC.O=Cc1cc2ccccc2cn1. The zero-order valence-corrected chi connectivity index (χ0v) is 8.40. The number of rotatable bonds is 1. The van der Waals surface area contributed by atoms with E-state index < -0.39 is 0 Å². The molecule has 1 aromatic heterocycles. The van der Waals surface area contributed by atoms with Gasteiger partial charge in [-0.2, -0.15) is 0 Å². The summed E-state index contributed by atoms with van der Waals surface area (Å²) in [5.74, 6) is 0. The number of hydrogen-bond donors (Lipinski definition) is 0. The molecule has 0 bridgehead atoms. The molecule has 0 amide bonds. The van der Waals surface area contributed by atoms with Gasteiger partial charge in [-0.15, -0.1) is 0 Å². The Kier molecular flexibility index (Phi) is 3.80. The second-order valence-electron chi connectivity index (χ2n) is 2.57.